The molecule has 29 heavy (non-hydrogen) atoms. The van der Waals surface area contributed by atoms with E-state index in [9.17, 15) is 9.59 Å². The van der Waals surface area contributed by atoms with Gasteiger partial charge in [-0.2, -0.15) is 0 Å². The number of aromatic nitrogens is 3. The van der Waals surface area contributed by atoms with Gasteiger partial charge in [0, 0.05) is 29.9 Å². The monoisotopic (exact) mass is 435 g/mol. The van der Waals surface area contributed by atoms with Crippen LogP contribution >= 0.6 is 23.4 Å². The molecular weight excluding hydrogens is 414 g/mol. The van der Waals surface area contributed by atoms with Gasteiger partial charge in [-0.3, -0.25) is 0 Å². The molecule has 2 N–H and O–H groups in total. The first-order chi connectivity index (χ1) is 13.9. The zero-order chi connectivity index (χ0) is 21.0. The third-order valence-electron chi connectivity index (χ3n) is 4.44. The molecule has 154 valence electrons. The zero-order valence-corrected chi connectivity index (χ0v) is 17.9. The van der Waals surface area contributed by atoms with E-state index in [2.05, 4.69) is 20.8 Å². The molecule has 2 amide bonds. The summed E-state index contributed by atoms with van der Waals surface area (Å²) in [6.45, 7) is 3.97. The minimum absolute atomic E-state index is 0.229. The van der Waals surface area contributed by atoms with Crippen molar-refractivity contribution in [2.24, 2.45) is 7.05 Å². The van der Waals surface area contributed by atoms with Crippen LogP contribution in [0.3, 0.4) is 0 Å². The van der Waals surface area contributed by atoms with E-state index in [0.717, 1.165) is 17.8 Å². The molecule has 3 rings (SSSR count). The summed E-state index contributed by atoms with van der Waals surface area (Å²) in [4.78, 5) is 25.1. The van der Waals surface area contributed by atoms with Gasteiger partial charge in [0.15, 0.2) is 5.16 Å². The van der Waals surface area contributed by atoms with E-state index in [4.69, 9.17) is 16.3 Å². The highest BCUT2D eigenvalue weighted by molar-refractivity contribution is 7.99. The molecule has 2 heterocycles. The normalized spacial score (nSPS) is 16.4. The van der Waals surface area contributed by atoms with E-state index in [0.29, 0.717) is 27.2 Å². The summed E-state index contributed by atoms with van der Waals surface area (Å²) < 4.78 is 7.16. The molecule has 8 nitrogen and oxygen atoms in total. The maximum absolute atomic E-state index is 12.8. The lowest BCUT2D eigenvalue weighted by Crippen LogP contribution is -2.46. The summed E-state index contributed by atoms with van der Waals surface area (Å²) in [7, 11) is 1.89. The first kappa shape index (κ1) is 21.2. The first-order valence-electron chi connectivity index (χ1n) is 9.18. The molecule has 0 spiro atoms. The van der Waals surface area contributed by atoms with Crippen molar-refractivity contribution in [1.29, 1.82) is 0 Å². The van der Waals surface area contributed by atoms with E-state index in [1.807, 2.05) is 18.5 Å². The Balaban J connectivity index is 1.96. The number of nitrogens with zero attached hydrogens (tertiary/aromatic N) is 3. The van der Waals surface area contributed by atoms with Crippen LogP contribution < -0.4 is 10.6 Å². The van der Waals surface area contributed by atoms with Gasteiger partial charge < -0.3 is 19.9 Å². The fourth-order valence-electron chi connectivity index (χ4n) is 3.00. The molecule has 1 aliphatic rings. The van der Waals surface area contributed by atoms with E-state index in [1.165, 1.54) is 11.8 Å². The molecule has 1 aliphatic heterocycles. The predicted molar refractivity (Wildman–Crippen MR) is 111 cm³/mol. The Bertz CT molecular complexity index is 942. The van der Waals surface area contributed by atoms with Gasteiger partial charge in [0.1, 0.15) is 5.82 Å². The zero-order valence-electron chi connectivity index (χ0n) is 16.4. The Morgan fingerprint density at radius 2 is 2.00 bits per heavy atom. The van der Waals surface area contributed by atoms with Gasteiger partial charge in [-0.05, 0) is 24.6 Å². The SMILES string of the molecule is CCOC(=O)C1=C(CSc2nnc(CC)n2C)NC(=O)NC1c1ccc(Cl)cc1. The van der Waals surface area contributed by atoms with Crippen LogP contribution in [-0.2, 0) is 23.0 Å². The molecule has 0 radical (unpaired) electrons. The maximum atomic E-state index is 12.8. The topological polar surface area (TPSA) is 98.1 Å². The standard InChI is InChI=1S/C19H22ClN5O3S/c1-4-14-23-24-19(25(14)3)29-10-13-15(17(26)28-5-2)16(22-18(27)21-13)11-6-8-12(20)9-7-11/h6-9,16H,4-5,10H2,1-3H3,(H2,21,22,27). The Hall–Kier alpha value is -2.52. The lowest BCUT2D eigenvalue weighted by Gasteiger charge is -2.29. The van der Waals surface area contributed by atoms with E-state index in [1.54, 1.807) is 31.2 Å². The van der Waals surface area contributed by atoms with Crippen LogP contribution in [0.2, 0.25) is 5.02 Å². The molecule has 0 bridgehead atoms. The van der Waals surface area contributed by atoms with Gasteiger partial charge in [-0.15, -0.1) is 10.2 Å². The number of aryl methyl sites for hydroxylation is 1. The molecule has 1 aromatic heterocycles. The number of hydrogen-bond acceptors (Lipinski definition) is 6. The second-order valence-electron chi connectivity index (χ2n) is 6.30. The molecule has 1 atom stereocenters. The summed E-state index contributed by atoms with van der Waals surface area (Å²) in [5.74, 6) is 0.713. The third kappa shape index (κ3) is 4.73. The van der Waals surface area contributed by atoms with E-state index in [-0.39, 0.29) is 12.6 Å². The van der Waals surface area contributed by atoms with Crippen molar-refractivity contribution in [2.75, 3.05) is 12.4 Å². The number of ether oxygens (including phenoxy) is 1. The van der Waals surface area contributed by atoms with Crippen molar-refractivity contribution >= 4 is 35.4 Å². The average molecular weight is 436 g/mol. The van der Waals surface area contributed by atoms with Crippen LogP contribution in [0.1, 0.15) is 31.3 Å². The van der Waals surface area contributed by atoms with Crippen LogP contribution in [0.5, 0.6) is 0 Å². The number of carbonyl (C=O) groups excluding carboxylic acids is 2. The number of hydrogen-bond donors (Lipinski definition) is 2. The molecule has 10 heteroatoms. The van der Waals surface area contributed by atoms with Crippen molar-refractivity contribution in [3.05, 3.63) is 51.9 Å². The second kappa shape index (κ2) is 9.32. The minimum Gasteiger partial charge on any atom is -0.463 e. The highest BCUT2D eigenvalue weighted by atomic mass is 35.5. The second-order valence-corrected chi connectivity index (χ2v) is 7.67. The summed E-state index contributed by atoms with van der Waals surface area (Å²) in [6, 6.07) is 5.96. The fraction of sp³-hybridized carbons (Fsp3) is 0.368. The quantitative estimate of drug-likeness (QED) is 0.512. The van der Waals surface area contributed by atoms with Gasteiger partial charge in [-0.25, -0.2) is 9.59 Å². The lowest BCUT2D eigenvalue weighted by atomic mass is 9.95. The van der Waals surface area contributed by atoms with E-state index >= 15 is 0 Å². The molecule has 1 aromatic carbocycles. The Kier molecular flexibility index (Phi) is 6.81. The molecule has 2 aromatic rings. The smallest absolute Gasteiger partial charge is 0.338 e. The van der Waals surface area contributed by atoms with Crippen LogP contribution in [0.4, 0.5) is 4.79 Å². The molecule has 0 saturated heterocycles. The number of amides is 2. The molecular formula is C19H22ClN5O3S. The lowest BCUT2D eigenvalue weighted by molar-refractivity contribution is -0.139. The van der Waals surface area contributed by atoms with E-state index < -0.39 is 12.0 Å². The van der Waals surface area contributed by atoms with Crippen molar-refractivity contribution in [3.8, 4) is 0 Å². The van der Waals surface area contributed by atoms with Gasteiger partial charge in [0.2, 0.25) is 0 Å². The van der Waals surface area contributed by atoms with Gasteiger partial charge in [0.05, 0.1) is 18.2 Å². The molecule has 0 fully saturated rings. The largest absolute Gasteiger partial charge is 0.463 e. The minimum atomic E-state index is -0.638. The molecule has 0 saturated carbocycles. The summed E-state index contributed by atoms with van der Waals surface area (Å²) in [5.41, 5.74) is 1.58. The van der Waals surface area contributed by atoms with Crippen LogP contribution in [-0.4, -0.2) is 39.1 Å². The summed E-state index contributed by atoms with van der Waals surface area (Å²) >= 11 is 7.37. The van der Waals surface area contributed by atoms with Crippen molar-refractivity contribution in [3.63, 3.8) is 0 Å². The average Bonchev–Trinajstić information content (AvgIpc) is 3.06. The van der Waals surface area contributed by atoms with Crippen molar-refractivity contribution < 1.29 is 14.3 Å². The number of thioether (sulfide) groups is 1. The van der Waals surface area contributed by atoms with Crippen LogP contribution in [0.25, 0.3) is 0 Å². The van der Waals surface area contributed by atoms with Gasteiger partial charge in [0.25, 0.3) is 0 Å². The summed E-state index contributed by atoms with van der Waals surface area (Å²) in [6.07, 6.45) is 0.764. The molecule has 0 aliphatic carbocycles. The van der Waals surface area contributed by atoms with Crippen molar-refractivity contribution in [1.82, 2.24) is 25.4 Å². The third-order valence-corrected chi connectivity index (χ3v) is 5.74. The van der Waals surface area contributed by atoms with Crippen LogP contribution in [0.15, 0.2) is 40.7 Å². The Morgan fingerprint density at radius 3 is 2.62 bits per heavy atom. The van der Waals surface area contributed by atoms with Gasteiger partial charge in [-0.1, -0.05) is 42.4 Å². The maximum Gasteiger partial charge on any atom is 0.338 e. The number of urea groups is 1. The number of nitrogens with one attached hydrogen (secondary N) is 2. The first-order valence-corrected chi connectivity index (χ1v) is 10.5. The van der Waals surface area contributed by atoms with Gasteiger partial charge >= 0.3 is 12.0 Å². The highest BCUT2D eigenvalue weighted by Gasteiger charge is 2.33. The highest BCUT2D eigenvalue weighted by Crippen LogP contribution is 2.31. The fourth-order valence-corrected chi connectivity index (χ4v) is 4.03. The number of benzene rings is 1. The Labute approximate surface area is 178 Å². The summed E-state index contributed by atoms with van der Waals surface area (Å²) in [5, 5.41) is 15.1. The number of esters is 1. The van der Waals surface area contributed by atoms with Crippen LogP contribution in [0, 0.1) is 0 Å². The number of rotatable bonds is 7. The van der Waals surface area contributed by atoms with Crippen molar-refractivity contribution in [2.45, 2.75) is 31.5 Å². The number of halogens is 1. The predicted octanol–water partition coefficient (Wildman–Crippen LogP) is 2.99. The Morgan fingerprint density at radius 1 is 1.28 bits per heavy atom. The number of carbonyl (C=O) groups is 2. The molecule has 1 unspecified atom stereocenters.